The third-order valence-electron chi connectivity index (χ3n) is 8.89. The molecule has 0 bridgehead atoms. The van der Waals surface area contributed by atoms with Crippen LogP contribution in [0.15, 0.2) is 0 Å². The molecule has 0 spiro atoms. The van der Waals surface area contributed by atoms with E-state index in [-0.39, 0.29) is 11.9 Å². The van der Waals surface area contributed by atoms with Crippen LogP contribution in [0.4, 0.5) is 0 Å². The second kappa shape index (κ2) is 34.7. The molecule has 40 heavy (non-hydrogen) atoms. The number of esters is 1. The quantitative estimate of drug-likeness (QED) is 0.0574. The zero-order chi connectivity index (χ0) is 29.2. The van der Waals surface area contributed by atoms with Crippen LogP contribution in [0.2, 0.25) is 0 Å². The SMILES string of the molecule is CCCCCCCCCCCCCCCCC(CCCCCCCC)C(=O)OCCCCCCCCCCCC. The molecule has 240 valence electrons. The van der Waals surface area contributed by atoms with E-state index in [1.807, 2.05) is 0 Å². The zero-order valence-corrected chi connectivity index (χ0v) is 28.2. The molecule has 0 radical (unpaired) electrons. The first-order valence-electron chi connectivity index (χ1n) is 18.9. The van der Waals surface area contributed by atoms with Crippen LogP contribution < -0.4 is 0 Å². The van der Waals surface area contributed by atoms with Crippen molar-refractivity contribution in [1.82, 2.24) is 0 Å². The highest BCUT2D eigenvalue weighted by Gasteiger charge is 2.19. The van der Waals surface area contributed by atoms with Gasteiger partial charge >= 0.3 is 5.97 Å². The minimum Gasteiger partial charge on any atom is -0.465 e. The maximum atomic E-state index is 12.9. The Balaban J connectivity index is 3.92. The van der Waals surface area contributed by atoms with Crippen LogP contribution in [-0.2, 0) is 9.53 Å². The lowest BCUT2D eigenvalue weighted by molar-refractivity contribution is -0.149. The van der Waals surface area contributed by atoms with Crippen LogP contribution >= 0.6 is 0 Å². The molecule has 0 aromatic carbocycles. The van der Waals surface area contributed by atoms with Crippen molar-refractivity contribution in [3.8, 4) is 0 Å². The van der Waals surface area contributed by atoms with Gasteiger partial charge in [-0.05, 0) is 19.3 Å². The van der Waals surface area contributed by atoms with Crippen LogP contribution in [0.25, 0.3) is 0 Å². The Morgan fingerprint density at radius 3 is 0.925 bits per heavy atom. The monoisotopic (exact) mass is 565 g/mol. The van der Waals surface area contributed by atoms with Gasteiger partial charge in [0, 0.05) is 0 Å². The summed E-state index contributed by atoms with van der Waals surface area (Å²) in [7, 11) is 0. The minimum absolute atomic E-state index is 0.110. The Kier molecular flexibility index (Phi) is 34.2. The van der Waals surface area contributed by atoms with Gasteiger partial charge in [0.05, 0.1) is 12.5 Å². The average molecular weight is 565 g/mol. The smallest absolute Gasteiger partial charge is 0.308 e. The first-order chi connectivity index (χ1) is 19.8. The van der Waals surface area contributed by atoms with Crippen LogP contribution in [0.3, 0.4) is 0 Å². The molecule has 0 aromatic rings. The number of unbranched alkanes of at least 4 members (excludes halogenated alkanes) is 27. The minimum atomic E-state index is 0.110. The molecule has 0 aromatic heterocycles. The first kappa shape index (κ1) is 39.5. The Morgan fingerprint density at radius 2 is 0.625 bits per heavy atom. The average Bonchev–Trinajstić information content (AvgIpc) is 2.96. The van der Waals surface area contributed by atoms with E-state index in [2.05, 4.69) is 20.8 Å². The van der Waals surface area contributed by atoms with Gasteiger partial charge in [-0.1, -0.05) is 207 Å². The van der Waals surface area contributed by atoms with E-state index in [0.29, 0.717) is 6.61 Å². The maximum Gasteiger partial charge on any atom is 0.308 e. The van der Waals surface area contributed by atoms with Crippen LogP contribution in [-0.4, -0.2) is 12.6 Å². The summed E-state index contributed by atoms with van der Waals surface area (Å²) in [5.74, 6) is 0.255. The molecule has 0 N–H and O–H groups in total. The summed E-state index contributed by atoms with van der Waals surface area (Å²) in [6, 6.07) is 0. The van der Waals surface area contributed by atoms with Gasteiger partial charge in [0.1, 0.15) is 0 Å². The summed E-state index contributed by atoms with van der Waals surface area (Å²) >= 11 is 0. The predicted octanol–water partition coefficient (Wildman–Crippen LogP) is 13.7. The highest BCUT2D eigenvalue weighted by atomic mass is 16.5. The van der Waals surface area contributed by atoms with Gasteiger partial charge in [0.2, 0.25) is 0 Å². The van der Waals surface area contributed by atoms with Crippen LogP contribution in [0.1, 0.15) is 226 Å². The Hall–Kier alpha value is -0.530. The van der Waals surface area contributed by atoms with E-state index in [1.165, 1.54) is 186 Å². The fourth-order valence-corrected chi connectivity index (χ4v) is 6.02. The van der Waals surface area contributed by atoms with Crippen molar-refractivity contribution in [3.05, 3.63) is 0 Å². The molecular weight excluding hydrogens is 488 g/mol. The van der Waals surface area contributed by atoms with Crippen molar-refractivity contribution in [2.24, 2.45) is 5.92 Å². The Labute approximate surface area is 254 Å². The topological polar surface area (TPSA) is 26.3 Å². The second-order valence-electron chi connectivity index (χ2n) is 13.0. The predicted molar refractivity (Wildman–Crippen MR) is 179 cm³/mol. The van der Waals surface area contributed by atoms with E-state index in [0.717, 1.165) is 19.3 Å². The standard InChI is InChI=1S/C38H76O2/c1-4-7-10-13-16-18-20-21-22-23-24-26-29-32-35-37(34-31-28-15-12-9-6-3)38(39)40-36-33-30-27-25-19-17-14-11-8-5-2/h37H,4-36H2,1-3H3. The molecule has 1 unspecified atom stereocenters. The molecule has 0 fully saturated rings. The molecule has 0 heterocycles. The number of hydrogen-bond donors (Lipinski definition) is 0. The highest BCUT2D eigenvalue weighted by Crippen LogP contribution is 2.21. The second-order valence-corrected chi connectivity index (χ2v) is 13.0. The molecule has 0 aliphatic heterocycles. The summed E-state index contributed by atoms with van der Waals surface area (Å²) in [6.45, 7) is 7.49. The van der Waals surface area contributed by atoms with Crippen molar-refractivity contribution in [2.75, 3.05) is 6.61 Å². The number of hydrogen-bond acceptors (Lipinski definition) is 2. The third-order valence-corrected chi connectivity index (χ3v) is 8.89. The van der Waals surface area contributed by atoms with Crippen molar-refractivity contribution < 1.29 is 9.53 Å². The van der Waals surface area contributed by atoms with E-state index in [1.54, 1.807) is 0 Å². The van der Waals surface area contributed by atoms with Gasteiger partial charge in [0.25, 0.3) is 0 Å². The van der Waals surface area contributed by atoms with Crippen LogP contribution in [0, 0.1) is 5.92 Å². The summed E-state index contributed by atoms with van der Waals surface area (Å²) in [5, 5.41) is 0. The summed E-state index contributed by atoms with van der Waals surface area (Å²) in [4.78, 5) is 12.9. The fraction of sp³-hybridized carbons (Fsp3) is 0.974. The largest absolute Gasteiger partial charge is 0.465 e. The van der Waals surface area contributed by atoms with E-state index in [4.69, 9.17) is 4.74 Å². The molecule has 0 aliphatic carbocycles. The van der Waals surface area contributed by atoms with Gasteiger partial charge < -0.3 is 4.74 Å². The van der Waals surface area contributed by atoms with Crippen LogP contribution in [0.5, 0.6) is 0 Å². The molecule has 2 heteroatoms. The molecule has 0 amide bonds. The third kappa shape index (κ3) is 30.4. The van der Waals surface area contributed by atoms with Gasteiger partial charge in [-0.2, -0.15) is 0 Å². The number of rotatable bonds is 34. The summed E-state index contributed by atoms with van der Waals surface area (Å²) in [5.41, 5.74) is 0. The summed E-state index contributed by atoms with van der Waals surface area (Å²) in [6.07, 6.45) is 42.5. The van der Waals surface area contributed by atoms with Gasteiger partial charge in [-0.25, -0.2) is 0 Å². The summed E-state index contributed by atoms with van der Waals surface area (Å²) < 4.78 is 5.80. The van der Waals surface area contributed by atoms with Gasteiger partial charge in [-0.15, -0.1) is 0 Å². The van der Waals surface area contributed by atoms with Gasteiger partial charge in [0.15, 0.2) is 0 Å². The zero-order valence-electron chi connectivity index (χ0n) is 28.2. The lowest BCUT2D eigenvalue weighted by Crippen LogP contribution is -2.18. The molecular formula is C38H76O2. The van der Waals surface area contributed by atoms with E-state index >= 15 is 0 Å². The normalized spacial score (nSPS) is 12.2. The van der Waals surface area contributed by atoms with Crippen molar-refractivity contribution in [1.29, 1.82) is 0 Å². The van der Waals surface area contributed by atoms with Crippen molar-refractivity contribution in [2.45, 2.75) is 226 Å². The molecule has 0 saturated carbocycles. The number of carbonyl (C=O) groups excluding carboxylic acids is 1. The molecule has 0 saturated heterocycles. The Morgan fingerprint density at radius 1 is 0.375 bits per heavy atom. The van der Waals surface area contributed by atoms with Crippen molar-refractivity contribution in [3.63, 3.8) is 0 Å². The first-order valence-corrected chi connectivity index (χ1v) is 18.9. The number of carbonyl (C=O) groups is 1. The lowest BCUT2D eigenvalue weighted by atomic mass is 9.94. The van der Waals surface area contributed by atoms with Crippen molar-refractivity contribution >= 4 is 5.97 Å². The molecule has 0 aliphatic rings. The molecule has 2 nitrogen and oxygen atoms in total. The fourth-order valence-electron chi connectivity index (χ4n) is 6.02. The maximum absolute atomic E-state index is 12.9. The van der Waals surface area contributed by atoms with E-state index in [9.17, 15) is 4.79 Å². The Bertz CT molecular complexity index is 474. The molecule has 1 atom stereocenters. The molecule has 0 rings (SSSR count). The van der Waals surface area contributed by atoms with E-state index < -0.39 is 0 Å². The van der Waals surface area contributed by atoms with Gasteiger partial charge in [-0.3, -0.25) is 4.79 Å². The number of ether oxygens (including phenoxy) is 1. The highest BCUT2D eigenvalue weighted by molar-refractivity contribution is 5.72. The lowest BCUT2D eigenvalue weighted by Gasteiger charge is -2.16.